The lowest BCUT2D eigenvalue weighted by Crippen LogP contribution is -2.10. The summed E-state index contributed by atoms with van der Waals surface area (Å²) in [5, 5.41) is 4.05. The minimum atomic E-state index is -0.321. The topological polar surface area (TPSA) is 78.8 Å². The van der Waals surface area contributed by atoms with E-state index < -0.39 is 0 Å². The fourth-order valence-corrected chi connectivity index (χ4v) is 5.24. The van der Waals surface area contributed by atoms with Crippen LogP contribution in [0.4, 0.5) is 5.69 Å². The van der Waals surface area contributed by atoms with E-state index in [4.69, 9.17) is 14.2 Å². The molecule has 3 aromatic rings. The molecule has 7 heteroatoms. The average Bonchev–Trinajstić information content (AvgIpc) is 3.39. The van der Waals surface area contributed by atoms with Crippen LogP contribution in [0.15, 0.2) is 72.3 Å². The van der Waals surface area contributed by atoms with Gasteiger partial charge in [0.25, 0.3) is 0 Å². The monoisotopic (exact) mass is 572 g/mol. The third kappa shape index (κ3) is 9.26. The first-order valence-corrected chi connectivity index (χ1v) is 15.2. The number of aromatic nitrogens is 1. The number of hydrogen-bond donors (Lipinski definition) is 1. The third-order valence-electron chi connectivity index (χ3n) is 7.62. The lowest BCUT2D eigenvalue weighted by Gasteiger charge is -2.11. The Labute approximate surface area is 249 Å². The Balaban J connectivity index is 1.14. The second-order valence-corrected chi connectivity index (χ2v) is 10.8. The molecule has 0 saturated heterocycles. The van der Waals surface area contributed by atoms with Gasteiger partial charge in [0.05, 0.1) is 20.1 Å². The molecule has 42 heavy (non-hydrogen) atoms. The van der Waals surface area contributed by atoms with Crippen LogP contribution in [0.25, 0.3) is 10.9 Å². The number of hydrogen-bond acceptors (Lipinski definition) is 6. The number of carbonyl (C=O) groups excluding carboxylic acids is 2. The number of methoxy groups -OCH3 is 1. The van der Waals surface area contributed by atoms with Crippen molar-refractivity contribution in [3.8, 4) is 5.75 Å². The van der Waals surface area contributed by atoms with Crippen LogP contribution < -0.4 is 10.1 Å². The summed E-state index contributed by atoms with van der Waals surface area (Å²) in [5.41, 5.74) is 4.78. The number of aryl methyl sites for hydroxylation is 1. The lowest BCUT2D eigenvalue weighted by molar-refractivity contribution is -0.142. The number of esters is 2. The summed E-state index contributed by atoms with van der Waals surface area (Å²) < 4.78 is 18.6. The second-order valence-electron chi connectivity index (χ2n) is 10.8. The van der Waals surface area contributed by atoms with Crippen LogP contribution in [0.3, 0.4) is 0 Å². The fraction of sp³-hybridized carbons (Fsp3) is 0.429. The highest BCUT2D eigenvalue weighted by molar-refractivity contribution is 5.96. The molecule has 0 atom stereocenters. The van der Waals surface area contributed by atoms with E-state index in [1.54, 1.807) is 0 Å². The van der Waals surface area contributed by atoms with E-state index in [1.807, 2.05) is 55.6 Å². The summed E-state index contributed by atoms with van der Waals surface area (Å²) in [6.45, 7) is 1.79. The van der Waals surface area contributed by atoms with E-state index >= 15 is 0 Å². The smallest absolute Gasteiger partial charge is 0.354 e. The summed E-state index contributed by atoms with van der Waals surface area (Å²) in [6, 6.07) is 15.7. The Morgan fingerprint density at radius 2 is 1.67 bits per heavy atom. The zero-order chi connectivity index (χ0) is 29.6. The standard InChI is InChI=1S/C35H44N2O5/c1-36-30-17-15-27(16-18-30)23-34(38)41-22-12-7-5-3-4-6-11-21-37-32-20-19-31(42-26-28-13-9-8-10-14-28)24-29(32)25-33(37)35(39)40-2/h9,13-20,24-25,36H,3-8,10-12,21-23,26H2,1-2H3. The van der Waals surface area contributed by atoms with Crippen LogP contribution in [0, 0.1) is 0 Å². The van der Waals surface area contributed by atoms with E-state index in [9.17, 15) is 9.59 Å². The van der Waals surface area contributed by atoms with Gasteiger partial charge in [0.1, 0.15) is 18.1 Å². The minimum Gasteiger partial charge on any atom is -0.489 e. The van der Waals surface area contributed by atoms with E-state index in [2.05, 4.69) is 28.1 Å². The second kappa shape index (κ2) is 16.4. The van der Waals surface area contributed by atoms with Gasteiger partial charge in [0.15, 0.2) is 0 Å². The van der Waals surface area contributed by atoms with Crippen LogP contribution in [0.1, 0.15) is 73.8 Å². The number of fused-ring (bicyclic) bond motifs is 1. The van der Waals surface area contributed by atoms with Gasteiger partial charge < -0.3 is 24.1 Å². The molecule has 4 rings (SSSR count). The van der Waals surface area contributed by atoms with Crippen molar-refractivity contribution in [1.82, 2.24) is 4.57 Å². The molecule has 1 heterocycles. The number of benzene rings is 2. The largest absolute Gasteiger partial charge is 0.489 e. The van der Waals surface area contributed by atoms with Crippen molar-refractivity contribution in [2.45, 2.75) is 70.8 Å². The minimum absolute atomic E-state index is 0.172. The number of ether oxygens (including phenoxy) is 3. The maximum atomic E-state index is 12.5. The highest BCUT2D eigenvalue weighted by Gasteiger charge is 2.16. The fourth-order valence-electron chi connectivity index (χ4n) is 5.24. The zero-order valence-electron chi connectivity index (χ0n) is 25.0. The lowest BCUT2D eigenvalue weighted by atomic mass is 10.1. The Hall–Kier alpha value is -4.00. The number of carbonyl (C=O) groups is 2. The van der Waals surface area contributed by atoms with Crippen molar-refractivity contribution in [1.29, 1.82) is 0 Å². The van der Waals surface area contributed by atoms with Crippen molar-refractivity contribution in [2.75, 3.05) is 32.7 Å². The molecule has 1 aliphatic rings. The molecule has 0 aliphatic heterocycles. The van der Waals surface area contributed by atoms with Gasteiger partial charge in [-0.3, -0.25) is 4.79 Å². The Morgan fingerprint density at radius 3 is 2.38 bits per heavy atom. The van der Waals surface area contributed by atoms with Gasteiger partial charge in [-0.15, -0.1) is 0 Å². The molecule has 1 aliphatic carbocycles. The summed E-state index contributed by atoms with van der Waals surface area (Å²) in [7, 11) is 3.30. The number of nitrogens with one attached hydrogen (secondary N) is 1. The molecule has 0 fully saturated rings. The first-order chi connectivity index (χ1) is 20.6. The molecule has 0 bridgehead atoms. The molecule has 0 radical (unpaired) electrons. The van der Waals surface area contributed by atoms with Gasteiger partial charge in [-0.25, -0.2) is 4.79 Å². The van der Waals surface area contributed by atoms with Crippen LogP contribution in [0.2, 0.25) is 0 Å². The van der Waals surface area contributed by atoms with Crippen molar-refractivity contribution >= 4 is 28.5 Å². The predicted molar refractivity (Wildman–Crippen MR) is 168 cm³/mol. The molecule has 7 nitrogen and oxygen atoms in total. The maximum Gasteiger partial charge on any atom is 0.354 e. The molecule has 2 aromatic carbocycles. The Bertz CT molecular complexity index is 1370. The van der Waals surface area contributed by atoms with Crippen molar-refractivity contribution in [3.05, 3.63) is 83.6 Å². The van der Waals surface area contributed by atoms with Crippen LogP contribution in [0.5, 0.6) is 5.75 Å². The summed E-state index contributed by atoms with van der Waals surface area (Å²) in [5.74, 6) is 0.304. The third-order valence-corrected chi connectivity index (χ3v) is 7.62. The van der Waals surface area contributed by atoms with Gasteiger partial charge >= 0.3 is 11.9 Å². The molecule has 224 valence electrons. The summed E-state index contributed by atoms with van der Waals surface area (Å²) in [6.07, 6.45) is 16.4. The van der Waals surface area contributed by atoms with Crippen molar-refractivity contribution in [2.24, 2.45) is 0 Å². The summed E-state index contributed by atoms with van der Waals surface area (Å²) >= 11 is 0. The van der Waals surface area contributed by atoms with Crippen LogP contribution >= 0.6 is 0 Å². The van der Waals surface area contributed by atoms with E-state index in [-0.39, 0.29) is 11.9 Å². The molecular weight excluding hydrogens is 528 g/mol. The average molecular weight is 573 g/mol. The van der Waals surface area contributed by atoms with Crippen LogP contribution in [-0.4, -0.2) is 43.9 Å². The molecule has 0 spiro atoms. The number of allylic oxidation sites excluding steroid dienone is 2. The maximum absolute atomic E-state index is 12.5. The molecule has 1 aromatic heterocycles. The molecule has 1 N–H and O–H groups in total. The highest BCUT2D eigenvalue weighted by Crippen LogP contribution is 2.27. The number of rotatable bonds is 17. The molecular formula is C35H44N2O5. The SMILES string of the molecule is CNc1ccc(CC(=O)OCCCCCCCCCn2c(C(=O)OC)cc3cc(OCC4=CCCC=C4)ccc32)cc1. The van der Waals surface area contributed by atoms with Gasteiger partial charge in [0.2, 0.25) is 0 Å². The van der Waals surface area contributed by atoms with Gasteiger partial charge in [-0.05, 0) is 73.2 Å². The number of unbranched alkanes of at least 4 members (excludes halogenated alkanes) is 6. The predicted octanol–water partition coefficient (Wildman–Crippen LogP) is 7.64. The van der Waals surface area contributed by atoms with Crippen molar-refractivity contribution < 1.29 is 23.8 Å². The van der Waals surface area contributed by atoms with E-state index in [0.29, 0.717) is 25.3 Å². The van der Waals surface area contributed by atoms with Crippen LogP contribution in [-0.2, 0) is 27.2 Å². The number of anilines is 1. The zero-order valence-corrected chi connectivity index (χ0v) is 25.0. The van der Waals surface area contributed by atoms with E-state index in [0.717, 1.165) is 92.2 Å². The molecule has 0 amide bonds. The Kier molecular flexibility index (Phi) is 12.1. The normalized spacial score (nSPS) is 12.7. The first kappa shape index (κ1) is 30.9. The van der Waals surface area contributed by atoms with E-state index in [1.165, 1.54) is 12.7 Å². The van der Waals surface area contributed by atoms with Gasteiger partial charge in [-0.1, -0.05) is 62.5 Å². The summed E-state index contributed by atoms with van der Waals surface area (Å²) in [4.78, 5) is 24.6. The van der Waals surface area contributed by atoms with Crippen molar-refractivity contribution in [3.63, 3.8) is 0 Å². The molecule has 0 saturated carbocycles. The van der Waals surface area contributed by atoms with Gasteiger partial charge in [-0.2, -0.15) is 0 Å². The highest BCUT2D eigenvalue weighted by atomic mass is 16.5. The molecule has 0 unspecified atom stereocenters. The number of nitrogens with zero attached hydrogens (tertiary/aromatic N) is 1. The quantitative estimate of drug-likeness (QED) is 0.132. The first-order valence-electron chi connectivity index (χ1n) is 15.2. The van der Waals surface area contributed by atoms with Gasteiger partial charge in [0, 0.05) is 30.2 Å². The Morgan fingerprint density at radius 1 is 0.905 bits per heavy atom.